The van der Waals surface area contributed by atoms with Crippen molar-refractivity contribution in [3.05, 3.63) is 27.9 Å². The maximum Gasteiger partial charge on any atom is 0.253 e. The van der Waals surface area contributed by atoms with E-state index < -0.39 is 0 Å². The van der Waals surface area contributed by atoms with Crippen molar-refractivity contribution in [1.82, 2.24) is 14.9 Å². The van der Waals surface area contributed by atoms with E-state index in [0.717, 1.165) is 62.8 Å². The molecule has 1 saturated heterocycles. The Kier molecular flexibility index (Phi) is 3.69. The molecule has 2 atom stereocenters. The fourth-order valence-corrected chi connectivity index (χ4v) is 3.21. The van der Waals surface area contributed by atoms with E-state index in [1.807, 2.05) is 4.57 Å². The van der Waals surface area contributed by atoms with Crippen LogP contribution in [0.2, 0.25) is 0 Å². The van der Waals surface area contributed by atoms with Gasteiger partial charge in [0.1, 0.15) is 5.82 Å². The average molecular weight is 261 g/mol. The molecule has 1 N–H and O–H groups in total. The molecule has 1 aromatic heterocycles. The minimum absolute atomic E-state index is 0.149. The van der Waals surface area contributed by atoms with Gasteiger partial charge in [-0.2, -0.15) is 0 Å². The lowest BCUT2D eigenvalue weighted by molar-refractivity contribution is 0.391. The van der Waals surface area contributed by atoms with E-state index in [2.05, 4.69) is 12.2 Å². The lowest BCUT2D eigenvalue weighted by Gasteiger charge is -2.22. The Morgan fingerprint density at radius 2 is 2.37 bits per heavy atom. The summed E-state index contributed by atoms with van der Waals surface area (Å²) >= 11 is 0. The third kappa shape index (κ3) is 2.89. The smallest absolute Gasteiger partial charge is 0.253 e. The number of aromatic nitrogens is 2. The molecule has 0 amide bonds. The van der Waals surface area contributed by atoms with Crippen molar-refractivity contribution >= 4 is 0 Å². The zero-order chi connectivity index (χ0) is 13.2. The molecule has 1 fully saturated rings. The molecule has 2 aliphatic rings. The zero-order valence-corrected chi connectivity index (χ0v) is 11.7. The van der Waals surface area contributed by atoms with Crippen LogP contribution in [0.15, 0.2) is 10.9 Å². The maximum absolute atomic E-state index is 12.1. The Morgan fingerprint density at radius 3 is 3.16 bits per heavy atom. The van der Waals surface area contributed by atoms with Gasteiger partial charge in [-0.3, -0.25) is 9.36 Å². The molecule has 4 nitrogen and oxygen atoms in total. The Hall–Kier alpha value is -1.16. The minimum atomic E-state index is 0.149. The second-order valence-corrected chi connectivity index (χ2v) is 6.15. The molecule has 0 bridgehead atoms. The normalized spacial score (nSPS) is 26.4. The summed E-state index contributed by atoms with van der Waals surface area (Å²) in [7, 11) is 0. The number of fused-ring (bicyclic) bond motifs is 1. The van der Waals surface area contributed by atoms with Gasteiger partial charge >= 0.3 is 0 Å². The fourth-order valence-electron chi connectivity index (χ4n) is 3.21. The van der Waals surface area contributed by atoms with Crippen molar-refractivity contribution in [2.45, 2.75) is 45.6 Å². The lowest BCUT2D eigenvalue weighted by Crippen LogP contribution is -2.31. The summed E-state index contributed by atoms with van der Waals surface area (Å²) in [6.07, 6.45) is 5.42. The number of hydrogen-bond acceptors (Lipinski definition) is 3. The largest absolute Gasteiger partial charge is 0.316 e. The summed E-state index contributed by atoms with van der Waals surface area (Å²) in [5.41, 5.74) is 1.15. The molecular weight excluding hydrogens is 238 g/mol. The molecule has 3 heterocycles. The molecule has 2 unspecified atom stereocenters. The van der Waals surface area contributed by atoms with Gasteiger partial charge in [-0.25, -0.2) is 4.98 Å². The predicted octanol–water partition coefficient (Wildman–Crippen LogP) is 1.37. The van der Waals surface area contributed by atoms with Crippen molar-refractivity contribution < 1.29 is 0 Å². The summed E-state index contributed by atoms with van der Waals surface area (Å²) in [6.45, 7) is 5.35. The molecule has 3 rings (SSSR count). The van der Waals surface area contributed by atoms with Crippen LogP contribution in [-0.4, -0.2) is 22.6 Å². The van der Waals surface area contributed by atoms with Crippen LogP contribution in [0.3, 0.4) is 0 Å². The highest BCUT2D eigenvalue weighted by atomic mass is 16.1. The van der Waals surface area contributed by atoms with Crippen LogP contribution in [0.5, 0.6) is 0 Å². The molecule has 0 radical (unpaired) electrons. The number of rotatable bonds is 3. The second-order valence-electron chi connectivity index (χ2n) is 6.15. The van der Waals surface area contributed by atoms with E-state index in [1.54, 1.807) is 6.07 Å². The van der Waals surface area contributed by atoms with Gasteiger partial charge in [0.25, 0.3) is 5.56 Å². The molecule has 0 aromatic carbocycles. The summed E-state index contributed by atoms with van der Waals surface area (Å²) in [5, 5.41) is 3.39. The summed E-state index contributed by atoms with van der Waals surface area (Å²) in [6, 6.07) is 1.75. The highest BCUT2D eigenvalue weighted by Gasteiger charge is 2.19. The van der Waals surface area contributed by atoms with Crippen molar-refractivity contribution in [1.29, 1.82) is 0 Å². The molecule has 0 spiro atoms. The first-order chi connectivity index (χ1) is 9.22. The van der Waals surface area contributed by atoms with Crippen LogP contribution < -0.4 is 10.9 Å². The minimum Gasteiger partial charge on any atom is -0.316 e. The molecule has 0 aliphatic carbocycles. The lowest BCUT2D eigenvalue weighted by atomic mass is 9.99. The van der Waals surface area contributed by atoms with Crippen molar-refractivity contribution in [3.63, 3.8) is 0 Å². The Bertz CT molecular complexity index is 503. The van der Waals surface area contributed by atoms with Crippen molar-refractivity contribution in [2.24, 2.45) is 11.8 Å². The third-order valence-electron chi connectivity index (χ3n) is 4.49. The average Bonchev–Trinajstić information content (AvgIpc) is 2.89. The fraction of sp³-hybridized carbons (Fsp3) is 0.733. The van der Waals surface area contributed by atoms with Crippen molar-refractivity contribution in [3.8, 4) is 0 Å². The first-order valence-electron chi connectivity index (χ1n) is 7.52. The molecule has 104 valence electrons. The van der Waals surface area contributed by atoms with Crippen LogP contribution in [0.1, 0.15) is 37.7 Å². The van der Waals surface area contributed by atoms with E-state index in [4.69, 9.17) is 4.98 Å². The van der Waals surface area contributed by atoms with E-state index >= 15 is 0 Å². The SMILES string of the molecule is CC1CCn2c(nc(CCC3CCNC3)cc2=O)C1. The van der Waals surface area contributed by atoms with Gasteiger partial charge in [0.15, 0.2) is 0 Å². The number of hydrogen-bond donors (Lipinski definition) is 1. The van der Waals surface area contributed by atoms with Gasteiger partial charge in [-0.15, -0.1) is 0 Å². The van der Waals surface area contributed by atoms with Crippen LogP contribution in [-0.2, 0) is 19.4 Å². The number of nitrogens with one attached hydrogen (secondary N) is 1. The van der Waals surface area contributed by atoms with Crippen LogP contribution in [0.25, 0.3) is 0 Å². The predicted molar refractivity (Wildman–Crippen MR) is 75.3 cm³/mol. The highest BCUT2D eigenvalue weighted by molar-refractivity contribution is 5.07. The van der Waals surface area contributed by atoms with Crippen molar-refractivity contribution in [2.75, 3.05) is 13.1 Å². The van der Waals surface area contributed by atoms with Gasteiger partial charge in [0.2, 0.25) is 0 Å². The summed E-state index contributed by atoms with van der Waals surface area (Å²) < 4.78 is 1.86. The van der Waals surface area contributed by atoms with Crippen LogP contribution >= 0.6 is 0 Å². The summed E-state index contributed by atoms with van der Waals surface area (Å²) in [4.78, 5) is 16.8. The van der Waals surface area contributed by atoms with E-state index in [-0.39, 0.29) is 5.56 Å². The van der Waals surface area contributed by atoms with Gasteiger partial charge in [-0.1, -0.05) is 6.92 Å². The van der Waals surface area contributed by atoms with E-state index in [9.17, 15) is 4.79 Å². The number of aryl methyl sites for hydroxylation is 1. The maximum atomic E-state index is 12.1. The highest BCUT2D eigenvalue weighted by Crippen LogP contribution is 2.18. The number of nitrogens with zero attached hydrogens (tertiary/aromatic N) is 2. The monoisotopic (exact) mass is 261 g/mol. The van der Waals surface area contributed by atoms with Crippen LogP contribution in [0, 0.1) is 11.8 Å². The topological polar surface area (TPSA) is 46.9 Å². The van der Waals surface area contributed by atoms with E-state index in [0.29, 0.717) is 5.92 Å². The first kappa shape index (κ1) is 12.9. The molecule has 19 heavy (non-hydrogen) atoms. The third-order valence-corrected chi connectivity index (χ3v) is 4.49. The zero-order valence-electron chi connectivity index (χ0n) is 11.7. The van der Waals surface area contributed by atoms with E-state index in [1.165, 1.54) is 6.42 Å². The van der Waals surface area contributed by atoms with Gasteiger partial charge < -0.3 is 5.32 Å². The first-order valence-corrected chi connectivity index (χ1v) is 7.52. The molecule has 4 heteroatoms. The summed E-state index contributed by atoms with van der Waals surface area (Å²) in [5.74, 6) is 2.42. The molecular formula is C15H23N3O. The Balaban J connectivity index is 1.73. The molecule has 1 aromatic rings. The standard InChI is InChI=1S/C15H23N3O/c1-11-5-7-18-14(8-11)17-13(9-15(18)19)3-2-12-4-6-16-10-12/h9,11-12,16H,2-8,10H2,1H3. The second kappa shape index (κ2) is 5.45. The van der Waals surface area contributed by atoms with Gasteiger partial charge in [0, 0.05) is 24.7 Å². The Morgan fingerprint density at radius 1 is 1.47 bits per heavy atom. The molecule has 0 saturated carbocycles. The van der Waals surface area contributed by atoms with Crippen LogP contribution in [0.4, 0.5) is 0 Å². The Labute approximate surface area is 114 Å². The van der Waals surface area contributed by atoms with Gasteiger partial charge in [-0.05, 0) is 50.6 Å². The van der Waals surface area contributed by atoms with Gasteiger partial charge in [0.05, 0.1) is 0 Å². The molecule has 2 aliphatic heterocycles. The quantitative estimate of drug-likeness (QED) is 0.894.